The van der Waals surface area contributed by atoms with Crippen molar-refractivity contribution in [2.45, 2.75) is 31.2 Å². The summed E-state index contributed by atoms with van der Waals surface area (Å²) in [5.74, 6) is 1.11. The molecule has 0 bridgehead atoms. The molecule has 0 atom stereocenters. The number of anilines is 1. The molecule has 0 radical (unpaired) electrons. The van der Waals surface area contributed by atoms with Crippen LogP contribution < -0.4 is 10.2 Å². The second kappa shape index (κ2) is 7.46. The number of amides is 1. The summed E-state index contributed by atoms with van der Waals surface area (Å²) in [7, 11) is 0. The van der Waals surface area contributed by atoms with E-state index in [1.54, 1.807) is 0 Å². The number of ether oxygens (including phenoxy) is 1. The third-order valence-electron chi connectivity index (χ3n) is 5.57. The predicted molar refractivity (Wildman–Crippen MR) is 101 cm³/mol. The summed E-state index contributed by atoms with van der Waals surface area (Å²) in [5, 5.41) is 3.13. The van der Waals surface area contributed by atoms with Gasteiger partial charge in [-0.05, 0) is 30.0 Å². The molecule has 0 unspecified atom stereocenters. The number of rotatable bonds is 5. The molecule has 1 N–H and O–H groups in total. The zero-order valence-electron chi connectivity index (χ0n) is 15.0. The van der Waals surface area contributed by atoms with Crippen molar-refractivity contribution in [3.05, 3.63) is 59.8 Å². The van der Waals surface area contributed by atoms with E-state index in [2.05, 4.69) is 27.3 Å². The number of nitrogens with one attached hydrogen (secondary N) is 1. The molecular weight excluding hydrogens is 326 g/mol. The Bertz CT molecular complexity index is 736. The molecule has 1 saturated carbocycles. The summed E-state index contributed by atoms with van der Waals surface area (Å²) < 4.78 is 5.38. The van der Waals surface area contributed by atoms with Gasteiger partial charge in [0.05, 0.1) is 18.6 Å². The van der Waals surface area contributed by atoms with Crippen LogP contribution in [0.4, 0.5) is 5.82 Å². The normalized spacial score (nSPS) is 18.8. The molecule has 1 aliphatic carbocycles. The Labute approximate surface area is 154 Å². The van der Waals surface area contributed by atoms with Crippen molar-refractivity contribution >= 4 is 11.7 Å². The number of pyridine rings is 1. The number of aromatic nitrogens is 1. The maximum atomic E-state index is 12.9. The molecule has 1 saturated heterocycles. The smallest absolute Gasteiger partial charge is 0.230 e. The van der Waals surface area contributed by atoms with Crippen LogP contribution in [0.15, 0.2) is 48.7 Å². The summed E-state index contributed by atoms with van der Waals surface area (Å²) >= 11 is 0. The fourth-order valence-corrected chi connectivity index (χ4v) is 3.79. The van der Waals surface area contributed by atoms with Gasteiger partial charge in [0.2, 0.25) is 5.91 Å². The van der Waals surface area contributed by atoms with Gasteiger partial charge in [0.1, 0.15) is 5.82 Å². The van der Waals surface area contributed by atoms with E-state index >= 15 is 0 Å². The summed E-state index contributed by atoms with van der Waals surface area (Å²) in [6.45, 7) is 3.78. The average molecular weight is 351 g/mol. The second-order valence-corrected chi connectivity index (χ2v) is 7.11. The standard InChI is InChI=1S/C21H25N3O2/c25-20(21(9-4-10-21)18-5-2-1-3-6-18)23-16-17-7-8-19(22-15-17)24-11-13-26-14-12-24/h1-3,5-8,15H,4,9-14,16H2,(H,23,25). The highest BCUT2D eigenvalue weighted by molar-refractivity contribution is 5.89. The van der Waals surface area contributed by atoms with Gasteiger partial charge in [-0.1, -0.05) is 42.8 Å². The van der Waals surface area contributed by atoms with Crippen molar-refractivity contribution in [2.24, 2.45) is 0 Å². The molecule has 2 aliphatic rings. The van der Waals surface area contributed by atoms with Gasteiger partial charge in [0.25, 0.3) is 0 Å². The Balaban J connectivity index is 1.38. The molecule has 2 heterocycles. The van der Waals surface area contributed by atoms with Crippen molar-refractivity contribution < 1.29 is 9.53 Å². The molecule has 1 amide bonds. The van der Waals surface area contributed by atoms with Gasteiger partial charge in [-0.25, -0.2) is 4.98 Å². The van der Waals surface area contributed by atoms with Crippen molar-refractivity contribution in [3.63, 3.8) is 0 Å². The van der Waals surface area contributed by atoms with Crippen LogP contribution in [0.1, 0.15) is 30.4 Å². The van der Waals surface area contributed by atoms with Crippen molar-refractivity contribution in [1.29, 1.82) is 0 Å². The van der Waals surface area contributed by atoms with Gasteiger partial charge in [-0.2, -0.15) is 0 Å². The zero-order valence-corrected chi connectivity index (χ0v) is 15.0. The SMILES string of the molecule is O=C(NCc1ccc(N2CCOCC2)nc1)C1(c2ccccc2)CCC1. The summed E-state index contributed by atoms with van der Waals surface area (Å²) in [6, 6.07) is 14.2. The summed E-state index contributed by atoms with van der Waals surface area (Å²) in [6.07, 6.45) is 4.83. The van der Waals surface area contributed by atoms with Gasteiger partial charge in [0, 0.05) is 25.8 Å². The Morgan fingerprint density at radius 3 is 2.50 bits per heavy atom. The van der Waals surface area contributed by atoms with Crippen LogP contribution in [0.5, 0.6) is 0 Å². The van der Waals surface area contributed by atoms with Crippen LogP contribution in [0.25, 0.3) is 0 Å². The molecule has 5 heteroatoms. The van der Waals surface area contributed by atoms with Crippen LogP contribution in [-0.4, -0.2) is 37.2 Å². The average Bonchev–Trinajstić information content (AvgIpc) is 2.67. The minimum absolute atomic E-state index is 0.132. The Kier molecular flexibility index (Phi) is 4.89. The van der Waals surface area contributed by atoms with E-state index in [1.807, 2.05) is 36.5 Å². The quantitative estimate of drug-likeness (QED) is 0.900. The largest absolute Gasteiger partial charge is 0.378 e. The lowest BCUT2D eigenvalue weighted by Gasteiger charge is -2.40. The third-order valence-corrected chi connectivity index (χ3v) is 5.57. The minimum Gasteiger partial charge on any atom is -0.378 e. The first kappa shape index (κ1) is 17.0. The fraction of sp³-hybridized carbons (Fsp3) is 0.429. The van der Waals surface area contributed by atoms with Crippen molar-refractivity contribution in [3.8, 4) is 0 Å². The highest BCUT2D eigenvalue weighted by Gasteiger charge is 2.45. The van der Waals surface area contributed by atoms with Crippen LogP contribution in [0.2, 0.25) is 0 Å². The third kappa shape index (κ3) is 3.31. The number of hydrogen-bond donors (Lipinski definition) is 1. The first-order valence-electron chi connectivity index (χ1n) is 9.39. The molecule has 4 rings (SSSR count). The monoisotopic (exact) mass is 351 g/mol. The highest BCUT2D eigenvalue weighted by atomic mass is 16.5. The van der Waals surface area contributed by atoms with E-state index in [4.69, 9.17) is 4.74 Å². The predicted octanol–water partition coefficient (Wildman–Crippen LogP) is 2.66. The number of nitrogens with zero attached hydrogens (tertiary/aromatic N) is 2. The number of carbonyl (C=O) groups excluding carboxylic acids is 1. The van der Waals surface area contributed by atoms with E-state index in [0.29, 0.717) is 6.54 Å². The maximum absolute atomic E-state index is 12.9. The van der Waals surface area contributed by atoms with Crippen molar-refractivity contribution in [2.75, 3.05) is 31.2 Å². The Morgan fingerprint density at radius 2 is 1.88 bits per heavy atom. The summed E-state index contributed by atoms with van der Waals surface area (Å²) in [4.78, 5) is 19.7. The van der Waals surface area contributed by atoms with Crippen LogP contribution >= 0.6 is 0 Å². The lowest BCUT2D eigenvalue weighted by Crippen LogP contribution is -2.48. The molecule has 136 valence electrons. The number of benzene rings is 1. The van der Waals surface area contributed by atoms with Crippen molar-refractivity contribution in [1.82, 2.24) is 10.3 Å². The van der Waals surface area contributed by atoms with E-state index in [1.165, 1.54) is 0 Å². The summed E-state index contributed by atoms with van der Waals surface area (Å²) in [5.41, 5.74) is 1.81. The number of carbonyl (C=O) groups is 1. The van der Waals surface area contributed by atoms with Gasteiger partial charge < -0.3 is 15.0 Å². The molecule has 1 aliphatic heterocycles. The first-order chi connectivity index (χ1) is 12.8. The van der Waals surface area contributed by atoms with E-state index in [9.17, 15) is 4.79 Å². The van der Waals surface area contributed by atoms with Crippen LogP contribution in [0, 0.1) is 0 Å². The lowest BCUT2D eigenvalue weighted by atomic mass is 9.64. The van der Waals surface area contributed by atoms with E-state index < -0.39 is 0 Å². The number of hydrogen-bond acceptors (Lipinski definition) is 4. The zero-order chi connectivity index (χ0) is 17.8. The minimum atomic E-state index is -0.345. The van der Waals surface area contributed by atoms with E-state index in [-0.39, 0.29) is 11.3 Å². The Hall–Kier alpha value is -2.40. The fourth-order valence-electron chi connectivity index (χ4n) is 3.79. The molecule has 1 aromatic heterocycles. The topological polar surface area (TPSA) is 54.5 Å². The lowest BCUT2D eigenvalue weighted by molar-refractivity contribution is -0.130. The van der Waals surface area contributed by atoms with E-state index in [0.717, 1.165) is 62.5 Å². The highest BCUT2D eigenvalue weighted by Crippen LogP contribution is 2.43. The molecule has 2 fully saturated rings. The van der Waals surface area contributed by atoms with Gasteiger partial charge in [-0.15, -0.1) is 0 Å². The van der Waals surface area contributed by atoms with Gasteiger partial charge in [-0.3, -0.25) is 4.79 Å². The molecular formula is C21H25N3O2. The maximum Gasteiger partial charge on any atom is 0.230 e. The molecule has 5 nitrogen and oxygen atoms in total. The van der Waals surface area contributed by atoms with Crippen LogP contribution in [0.3, 0.4) is 0 Å². The molecule has 0 spiro atoms. The first-order valence-corrected chi connectivity index (χ1v) is 9.39. The number of morpholine rings is 1. The van der Waals surface area contributed by atoms with Crippen LogP contribution in [-0.2, 0) is 21.5 Å². The van der Waals surface area contributed by atoms with Gasteiger partial charge in [0.15, 0.2) is 0 Å². The molecule has 26 heavy (non-hydrogen) atoms. The molecule has 2 aromatic rings. The second-order valence-electron chi connectivity index (χ2n) is 7.11. The Morgan fingerprint density at radius 1 is 1.12 bits per heavy atom. The molecule has 1 aromatic carbocycles. The van der Waals surface area contributed by atoms with Gasteiger partial charge >= 0.3 is 0 Å².